The van der Waals surface area contributed by atoms with E-state index in [0.717, 1.165) is 12.2 Å². The molecule has 18 heavy (non-hydrogen) atoms. The van der Waals surface area contributed by atoms with Gasteiger partial charge in [0, 0.05) is 17.5 Å². The van der Waals surface area contributed by atoms with Crippen molar-refractivity contribution < 1.29 is 9.53 Å². The first-order valence-corrected chi connectivity index (χ1v) is 7.37. The van der Waals surface area contributed by atoms with Crippen LogP contribution in [0.2, 0.25) is 0 Å². The van der Waals surface area contributed by atoms with Gasteiger partial charge in [-0.3, -0.25) is 0 Å². The normalized spacial score (nSPS) is 22.8. The van der Waals surface area contributed by atoms with E-state index in [4.69, 9.17) is 4.74 Å². The van der Waals surface area contributed by atoms with Crippen molar-refractivity contribution >= 4 is 23.5 Å². The Morgan fingerprint density at radius 3 is 3.11 bits per heavy atom. The van der Waals surface area contributed by atoms with Gasteiger partial charge in [0.1, 0.15) is 5.82 Å². The largest absolute Gasteiger partial charge is 0.465 e. The van der Waals surface area contributed by atoms with E-state index in [9.17, 15) is 4.79 Å². The van der Waals surface area contributed by atoms with Gasteiger partial charge in [0.25, 0.3) is 0 Å². The molecular weight excluding hydrogens is 248 g/mol. The summed E-state index contributed by atoms with van der Waals surface area (Å²) in [5.74, 6) is 0.428. The van der Waals surface area contributed by atoms with Crippen molar-refractivity contribution in [2.24, 2.45) is 0 Å². The van der Waals surface area contributed by atoms with Gasteiger partial charge >= 0.3 is 5.97 Å². The number of carbonyl (C=O) groups is 1. The number of nitrogens with zero attached hydrogens (tertiary/aromatic N) is 1. The molecule has 1 saturated carbocycles. The number of anilines is 1. The lowest BCUT2D eigenvalue weighted by Gasteiger charge is -2.19. The molecule has 0 amide bonds. The molecule has 98 valence electrons. The van der Waals surface area contributed by atoms with Crippen LogP contribution < -0.4 is 5.32 Å². The second-order valence-corrected chi connectivity index (χ2v) is 5.45. The van der Waals surface area contributed by atoms with Crippen LogP contribution in [0.4, 0.5) is 5.82 Å². The highest BCUT2D eigenvalue weighted by molar-refractivity contribution is 7.99. The van der Waals surface area contributed by atoms with Crippen molar-refractivity contribution in [1.29, 1.82) is 0 Å². The average molecular weight is 266 g/mol. The third-order valence-corrected chi connectivity index (χ3v) is 4.44. The van der Waals surface area contributed by atoms with E-state index < -0.39 is 0 Å². The maximum atomic E-state index is 11.4. The van der Waals surface area contributed by atoms with Gasteiger partial charge < -0.3 is 10.1 Å². The zero-order valence-corrected chi connectivity index (χ0v) is 11.5. The van der Waals surface area contributed by atoms with E-state index in [2.05, 4.69) is 16.6 Å². The third kappa shape index (κ3) is 2.96. The first-order valence-electron chi connectivity index (χ1n) is 6.08. The van der Waals surface area contributed by atoms with Gasteiger partial charge in [-0.2, -0.15) is 11.8 Å². The van der Waals surface area contributed by atoms with E-state index in [0.29, 0.717) is 16.9 Å². The van der Waals surface area contributed by atoms with Crippen molar-refractivity contribution in [3.63, 3.8) is 0 Å². The van der Waals surface area contributed by atoms with Crippen molar-refractivity contribution in [2.75, 3.05) is 18.7 Å². The molecule has 0 saturated heterocycles. The number of aromatic nitrogens is 1. The van der Waals surface area contributed by atoms with Crippen LogP contribution in [0.1, 0.15) is 29.6 Å². The van der Waals surface area contributed by atoms with Crippen LogP contribution in [0, 0.1) is 0 Å². The van der Waals surface area contributed by atoms with Gasteiger partial charge in [0.05, 0.1) is 12.7 Å². The van der Waals surface area contributed by atoms with Crippen molar-refractivity contribution in [3.05, 3.63) is 23.9 Å². The SMILES string of the molecule is COC(=O)c1ccnc(NC2CCCC2SC)c1. The van der Waals surface area contributed by atoms with E-state index in [1.807, 2.05) is 11.8 Å². The minimum atomic E-state index is -0.326. The molecule has 1 heterocycles. The van der Waals surface area contributed by atoms with E-state index >= 15 is 0 Å². The predicted molar refractivity (Wildman–Crippen MR) is 74.1 cm³/mol. The molecule has 4 nitrogen and oxygen atoms in total. The Kier molecular flexibility index (Phi) is 4.47. The first-order chi connectivity index (χ1) is 8.74. The fourth-order valence-corrected chi connectivity index (χ4v) is 3.25. The number of hydrogen-bond donors (Lipinski definition) is 1. The Balaban J connectivity index is 2.07. The van der Waals surface area contributed by atoms with Gasteiger partial charge in [0.15, 0.2) is 0 Å². The molecule has 0 bridgehead atoms. The smallest absolute Gasteiger partial charge is 0.338 e. The quantitative estimate of drug-likeness (QED) is 0.849. The summed E-state index contributed by atoms with van der Waals surface area (Å²) < 4.78 is 4.70. The van der Waals surface area contributed by atoms with E-state index in [1.165, 1.54) is 20.0 Å². The molecule has 5 heteroatoms. The van der Waals surface area contributed by atoms with Gasteiger partial charge in [-0.25, -0.2) is 9.78 Å². The molecule has 1 N–H and O–H groups in total. The van der Waals surface area contributed by atoms with Gasteiger partial charge in [0.2, 0.25) is 0 Å². The number of methoxy groups -OCH3 is 1. The predicted octanol–water partition coefficient (Wildman–Crippen LogP) is 2.56. The molecule has 2 unspecified atom stereocenters. The van der Waals surface area contributed by atoms with Crippen LogP contribution >= 0.6 is 11.8 Å². The van der Waals surface area contributed by atoms with Crippen molar-refractivity contribution in [1.82, 2.24) is 4.98 Å². The Bertz CT molecular complexity index is 425. The summed E-state index contributed by atoms with van der Waals surface area (Å²) in [7, 11) is 1.39. The summed E-state index contributed by atoms with van der Waals surface area (Å²) in [6, 6.07) is 3.86. The number of thioether (sulfide) groups is 1. The second kappa shape index (κ2) is 6.09. The molecule has 1 aliphatic rings. The topological polar surface area (TPSA) is 51.2 Å². The minimum absolute atomic E-state index is 0.326. The first kappa shape index (κ1) is 13.2. The molecule has 0 spiro atoms. The number of nitrogens with one attached hydrogen (secondary N) is 1. The Morgan fingerprint density at radius 2 is 2.39 bits per heavy atom. The highest BCUT2D eigenvalue weighted by atomic mass is 32.2. The molecule has 0 aromatic carbocycles. The summed E-state index contributed by atoms with van der Waals surface area (Å²) in [6.45, 7) is 0. The molecule has 0 radical (unpaired) electrons. The van der Waals surface area contributed by atoms with E-state index in [-0.39, 0.29) is 5.97 Å². The maximum Gasteiger partial charge on any atom is 0.338 e. The number of ether oxygens (including phenoxy) is 1. The van der Waals surface area contributed by atoms with Crippen LogP contribution in [-0.2, 0) is 4.74 Å². The standard InChI is InChI=1S/C13H18N2O2S/c1-17-13(16)9-6-7-14-12(8-9)15-10-4-3-5-11(10)18-2/h6-8,10-11H,3-5H2,1-2H3,(H,14,15). The highest BCUT2D eigenvalue weighted by Crippen LogP contribution is 2.30. The summed E-state index contributed by atoms with van der Waals surface area (Å²) >= 11 is 1.89. The molecule has 2 rings (SSSR count). The van der Waals surface area contributed by atoms with Crippen LogP contribution in [0.3, 0.4) is 0 Å². The maximum absolute atomic E-state index is 11.4. The number of rotatable bonds is 4. The molecule has 2 atom stereocenters. The average Bonchev–Trinajstić information content (AvgIpc) is 2.85. The Labute approximate surface area is 112 Å². The fraction of sp³-hybridized carbons (Fsp3) is 0.538. The molecule has 1 aromatic heterocycles. The van der Waals surface area contributed by atoms with Gasteiger partial charge in [-0.15, -0.1) is 0 Å². The highest BCUT2D eigenvalue weighted by Gasteiger charge is 2.26. The molecule has 1 aliphatic carbocycles. The van der Waals surface area contributed by atoms with Crippen molar-refractivity contribution in [2.45, 2.75) is 30.6 Å². The van der Waals surface area contributed by atoms with E-state index in [1.54, 1.807) is 18.3 Å². The van der Waals surface area contributed by atoms with Crippen molar-refractivity contribution in [3.8, 4) is 0 Å². The third-order valence-electron chi connectivity index (χ3n) is 3.27. The van der Waals surface area contributed by atoms with Crippen LogP contribution in [0.15, 0.2) is 18.3 Å². The lowest BCUT2D eigenvalue weighted by molar-refractivity contribution is 0.0600. The van der Waals surface area contributed by atoms with Gasteiger partial charge in [-0.1, -0.05) is 6.42 Å². The Morgan fingerprint density at radius 1 is 1.56 bits per heavy atom. The van der Waals surface area contributed by atoms with Crippen LogP contribution in [-0.4, -0.2) is 35.6 Å². The number of pyridine rings is 1. The molecule has 1 aromatic rings. The summed E-state index contributed by atoms with van der Waals surface area (Å²) in [5, 5.41) is 4.05. The lowest BCUT2D eigenvalue weighted by atomic mass is 10.2. The molecular formula is C13H18N2O2S. The lowest BCUT2D eigenvalue weighted by Crippen LogP contribution is -2.26. The minimum Gasteiger partial charge on any atom is -0.465 e. The number of hydrogen-bond acceptors (Lipinski definition) is 5. The number of esters is 1. The summed E-state index contributed by atoms with van der Waals surface area (Å²) in [5.41, 5.74) is 0.536. The molecule has 1 fully saturated rings. The zero-order chi connectivity index (χ0) is 13.0. The zero-order valence-electron chi connectivity index (χ0n) is 10.7. The monoisotopic (exact) mass is 266 g/mol. The Hall–Kier alpha value is -1.23. The summed E-state index contributed by atoms with van der Waals surface area (Å²) in [6.07, 6.45) is 7.44. The van der Waals surface area contributed by atoms with Crippen LogP contribution in [0.25, 0.3) is 0 Å². The summed E-state index contributed by atoms with van der Waals surface area (Å²) in [4.78, 5) is 15.7. The number of carbonyl (C=O) groups excluding carboxylic acids is 1. The molecule has 0 aliphatic heterocycles. The van der Waals surface area contributed by atoms with Gasteiger partial charge in [-0.05, 0) is 31.2 Å². The fourth-order valence-electron chi connectivity index (χ4n) is 2.32. The second-order valence-electron chi connectivity index (χ2n) is 4.38. The van der Waals surface area contributed by atoms with Crippen LogP contribution in [0.5, 0.6) is 0 Å².